The monoisotopic (exact) mass is 270 g/mol. The second-order valence-electron chi connectivity index (χ2n) is 4.88. The van der Waals surface area contributed by atoms with E-state index in [1.807, 2.05) is 6.92 Å². The van der Waals surface area contributed by atoms with Gasteiger partial charge in [0.1, 0.15) is 4.90 Å². The Morgan fingerprint density at radius 1 is 1.44 bits per heavy atom. The van der Waals surface area contributed by atoms with Gasteiger partial charge in [-0.15, -0.1) is 0 Å². The van der Waals surface area contributed by atoms with Crippen molar-refractivity contribution in [3.63, 3.8) is 0 Å². The number of nitrogens with two attached hydrogens (primary N) is 1. The minimum absolute atomic E-state index is 0.118. The molecule has 1 aromatic carbocycles. The number of aryl methyl sites for hydroxylation is 1. The third-order valence-corrected chi connectivity index (χ3v) is 4.73. The van der Waals surface area contributed by atoms with Crippen molar-refractivity contribution >= 4 is 15.7 Å². The molecule has 0 unspecified atom stereocenters. The van der Waals surface area contributed by atoms with Crippen molar-refractivity contribution in [1.82, 2.24) is 4.72 Å². The third kappa shape index (κ3) is 2.82. The maximum absolute atomic E-state index is 12.0. The van der Waals surface area contributed by atoms with Crippen LogP contribution in [0.2, 0.25) is 0 Å². The van der Waals surface area contributed by atoms with Crippen molar-refractivity contribution < 1.29 is 13.5 Å². The van der Waals surface area contributed by atoms with Crippen LogP contribution >= 0.6 is 0 Å². The summed E-state index contributed by atoms with van der Waals surface area (Å²) in [5.41, 5.74) is 6.91. The van der Waals surface area contributed by atoms with Crippen LogP contribution in [0.4, 0.5) is 5.69 Å². The zero-order valence-electron chi connectivity index (χ0n) is 10.3. The molecule has 0 aliphatic heterocycles. The molecular weight excluding hydrogens is 252 g/mol. The van der Waals surface area contributed by atoms with Crippen molar-refractivity contribution in [1.29, 1.82) is 0 Å². The molecule has 0 radical (unpaired) electrons. The van der Waals surface area contributed by atoms with E-state index < -0.39 is 10.0 Å². The van der Waals surface area contributed by atoms with E-state index in [0.717, 1.165) is 5.56 Å². The second-order valence-corrected chi connectivity index (χ2v) is 6.62. The molecule has 18 heavy (non-hydrogen) atoms. The lowest BCUT2D eigenvalue weighted by Crippen LogP contribution is -2.38. The van der Waals surface area contributed by atoms with E-state index in [2.05, 4.69) is 4.72 Å². The van der Waals surface area contributed by atoms with Crippen molar-refractivity contribution in [2.24, 2.45) is 5.92 Å². The van der Waals surface area contributed by atoms with E-state index in [4.69, 9.17) is 10.8 Å². The van der Waals surface area contributed by atoms with Gasteiger partial charge in [0.2, 0.25) is 10.0 Å². The largest absolute Gasteiger partial charge is 0.398 e. The first kappa shape index (κ1) is 13.3. The van der Waals surface area contributed by atoms with Gasteiger partial charge in [-0.25, -0.2) is 13.1 Å². The smallest absolute Gasteiger partial charge is 0.242 e. The van der Waals surface area contributed by atoms with Crippen LogP contribution in [0.3, 0.4) is 0 Å². The molecule has 0 atom stereocenters. The Labute approximate surface area is 107 Å². The van der Waals surface area contributed by atoms with Gasteiger partial charge in [0.05, 0.1) is 11.8 Å². The normalized spacial score (nSPS) is 23.7. The summed E-state index contributed by atoms with van der Waals surface area (Å²) in [7, 11) is -3.55. The van der Waals surface area contributed by atoms with Crippen LogP contribution in [0.25, 0.3) is 0 Å². The predicted octanol–water partition coefficient (Wildman–Crippen LogP) is 0.626. The fourth-order valence-electron chi connectivity index (χ4n) is 2.09. The second kappa shape index (κ2) is 4.87. The summed E-state index contributed by atoms with van der Waals surface area (Å²) in [6, 6.07) is 4.88. The number of hydrogen-bond acceptors (Lipinski definition) is 4. The minimum Gasteiger partial charge on any atom is -0.398 e. The zero-order chi connectivity index (χ0) is 13.3. The Morgan fingerprint density at radius 3 is 2.67 bits per heavy atom. The Bertz CT molecular complexity index is 536. The lowest BCUT2D eigenvalue weighted by Gasteiger charge is -2.31. The van der Waals surface area contributed by atoms with Gasteiger partial charge in [0.25, 0.3) is 0 Å². The highest BCUT2D eigenvalue weighted by Crippen LogP contribution is 2.27. The number of hydrogen-bond donors (Lipinski definition) is 3. The number of anilines is 1. The summed E-state index contributed by atoms with van der Waals surface area (Å²) in [5.74, 6) is 0.224. The molecule has 0 saturated heterocycles. The molecular formula is C12H18N2O3S. The first-order valence-electron chi connectivity index (χ1n) is 5.92. The van der Waals surface area contributed by atoms with E-state index >= 15 is 0 Å². The van der Waals surface area contributed by atoms with Crippen LogP contribution in [0.5, 0.6) is 0 Å². The Balaban J connectivity index is 2.06. The summed E-state index contributed by atoms with van der Waals surface area (Å²) in [5, 5.41) is 9.14. The third-order valence-electron chi connectivity index (χ3n) is 3.23. The quantitative estimate of drug-likeness (QED) is 0.700. The topological polar surface area (TPSA) is 92.4 Å². The van der Waals surface area contributed by atoms with Crippen LogP contribution < -0.4 is 10.5 Å². The lowest BCUT2D eigenvalue weighted by molar-refractivity contribution is 0.0453. The fraction of sp³-hybridized carbons (Fsp3) is 0.500. The fourth-order valence-corrected chi connectivity index (χ4v) is 3.31. The van der Waals surface area contributed by atoms with Gasteiger partial charge in [-0.3, -0.25) is 0 Å². The van der Waals surface area contributed by atoms with Gasteiger partial charge >= 0.3 is 0 Å². The summed E-state index contributed by atoms with van der Waals surface area (Å²) in [6.45, 7) is 2.21. The van der Waals surface area contributed by atoms with Crippen molar-refractivity contribution in [2.75, 3.05) is 12.3 Å². The van der Waals surface area contributed by atoms with Crippen LogP contribution in [0, 0.1) is 12.8 Å². The average molecular weight is 270 g/mol. The lowest BCUT2D eigenvalue weighted by atomic mass is 9.83. The number of aliphatic hydroxyl groups is 1. The summed E-state index contributed by atoms with van der Waals surface area (Å²) < 4.78 is 26.6. The summed E-state index contributed by atoms with van der Waals surface area (Å²) in [4.78, 5) is 0.118. The SMILES string of the molecule is Cc1ccc(S(=O)(=O)NCC2CC(O)C2)c(N)c1. The molecule has 4 N–H and O–H groups in total. The number of rotatable bonds is 4. The first-order valence-corrected chi connectivity index (χ1v) is 7.40. The average Bonchev–Trinajstić information content (AvgIpc) is 2.22. The van der Waals surface area contributed by atoms with Crippen LogP contribution in [0.1, 0.15) is 18.4 Å². The zero-order valence-corrected chi connectivity index (χ0v) is 11.1. The number of nitrogens with one attached hydrogen (secondary N) is 1. The highest BCUT2D eigenvalue weighted by Gasteiger charge is 2.28. The van der Waals surface area contributed by atoms with E-state index in [1.165, 1.54) is 6.07 Å². The van der Waals surface area contributed by atoms with Gasteiger partial charge in [0, 0.05) is 6.54 Å². The Kier molecular flexibility index (Phi) is 3.61. The van der Waals surface area contributed by atoms with Crippen LogP contribution in [-0.4, -0.2) is 26.2 Å². The number of nitrogen functional groups attached to an aromatic ring is 1. The molecule has 0 bridgehead atoms. The summed E-state index contributed by atoms with van der Waals surface area (Å²) in [6.07, 6.45) is 1.04. The van der Waals surface area contributed by atoms with Gasteiger partial charge in [-0.1, -0.05) is 6.07 Å². The Hall–Kier alpha value is -1.11. The van der Waals surface area contributed by atoms with E-state index in [-0.39, 0.29) is 22.6 Å². The Morgan fingerprint density at radius 2 is 2.11 bits per heavy atom. The number of aliphatic hydroxyl groups excluding tert-OH is 1. The van der Waals surface area contributed by atoms with Crippen molar-refractivity contribution in [3.05, 3.63) is 23.8 Å². The summed E-state index contributed by atoms with van der Waals surface area (Å²) >= 11 is 0. The highest BCUT2D eigenvalue weighted by atomic mass is 32.2. The molecule has 0 amide bonds. The molecule has 1 saturated carbocycles. The molecule has 1 aliphatic carbocycles. The molecule has 0 spiro atoms. The van der Waals surface area contributed by atoms with Gasteiger partial charge in [-0.2, -0.15) is 0 Å². The van der Waals surface area contributed by atoms with Crippen molar-refractivity contribution in [3.8, 4) is 0 Å². The molecule has 1 aromatic rings. The van der Waals surface area contributed by atoms with E-state index in [9.17, 15) is 8.42 Å². The molecule has 2 rings (SSSR count). The van der Waals surface area contributed by atoms with Crippen LogP contribution in [0.15, 0.2) is 23.1 Å². The molecule has 1 fully saturated rings. The van der Waals surface area contributed by atoms with Gasteiger partial charge in [-0.05, 0) is 43.4 Å². The molecule has 0 heterocycles. The minimum atomic E-state index is -3.55. The number of sulfonamides is 1. The molecule has 0 aromatic heterocycles. The first-order chi connectivity index (χ1) is 8.38. The predicted molar refractivity (Wildman–Crippen MR) is 69.5 cm³/mol. The standard InChI is InChI=1S/C12H18N2O3S/c1-8-2-3-12(11(13)4-8)18(16,17)14-7-9-5-10(15)6-9/h2-4,9-10,14-15H,5-7,13H2,1H3. The molecule has 5 nitrogen and oxygen atoms in total. The van der Waals surface area contributed by atoms with E-state index in [0.29, 0.717) is 19.4 Å². The van der Waals surface area contributed by atoms with Crippen molar-refractivity contribution in [2.45, 2.75) is 30.8 Å². The van der Waals surface area contributed by atoms with Crippen LogP contribution in [-0.2, 0) is 10.0 Å². The van der Waals surface area contributed by atoms with Gasteiger partial charge < -0.3 is 10.8 Å². The maximum Gasteiger partial charge on any atom is 0.242 e. The molecule has 1 aliphatic rings. The number of benzene rings is 1. The van der Waals surface area contributed by atoms with Gasteiger partial charge in [0.15, 0.2) is 0 Å². The maximum atomic E-state index is 12.0. The highest BCUT2D eigenvalue weighted by molar-refractivity contribution is 7.89. The molecule has 100 valence electrons. The molecule has 6 heteroatoms. The van der Waals surface area contributed by atoms with E-state index in [1.54, 1.807) is 12.1 Å².